The van der Waals surface area contributed by atoms with E-state index in [1.54, 1.807) is 5.43 Å². The number of hydrazine groups is 1. The van der Waals surface area contributed by atoms with Crippen molar-refractivity contribution in [2.24, 2.45) is 20.7 Å². The summed E-state index contributed by atoms with van der Waals surface area (Å²) in [5.41, 5.74) is 1.74. The maximum atomic E-state index is 9.65. The molecule has 0 atom stereocenters. The molecule has 0 fully saturated rings. The van der Waals surface area contributed by atoms with Gasteiger partial charge in [0.25, 0.3) is 0 Å². The largest absolute Gasteiger partial charge is 0.308 e. The fourth-order valence-electron chi connectivity index (χ4n) is 0.313. The van der Waals surface area contributed by atoms with Crippen molar-refractivity contribution >= 4 is 0 Å². The zero-order chi connectivity index (χ0) is 6.69. The van der Waals surface area contributed by atoms with Gasteiger partial charge in [0, 0.05) is 0 Å². The lowest BCUT2D eigenvalue weighted by molar-refractivity contribution is -0.550. The molecular weight excluding hydrogens is 128 g/mol. The molecule has 0 aromatic heterocycles. The highest BCUT2D eigenvalue weighted by Gasteiger charge is 2.12. The molecule has 1 aliphatic rings. The van der Waals surface area contributed by atoms with E-state index in [1.165, 1.54) is 0 Å². The summed E-state index contributed by atoms with van der Waals surface area (Å²) in [5, 5.41) is 21.4. The van der Waals surface area contributed by atoms with E-state index in [9.17, 15) is 10.1 Å². The molecule has 0 aromatic carbocycles. The van der Waals surface area contributed by atoms with Gasteiger partial charge in [-0.25, -0.2) is 10.1 Å². The lowest BCUT2D eigenvalue weighted by Gasteiger charge is -1.92. The first-order valence-corrected chi connectivity index (χ1v) is 1.99. The van der Waals surface area contributed by atoms with Gasteiger partial charge in [0.15, 0.2) is 5.03 Å². The molecule has 0 saturated heterocycles. The van der Waals surface area contributed by atoms with Gasteiger partial charge in [0.2, 0.25) is 0 Å². The van der Waals surface area contributed by atoms with Gasteiger partial charge in [-0.15, -0.1) is 10.2 Å². The van der Waals surface area contributed by atoms with Gasteiger partial charge in [-0.2, -0.15) is 0 Å². The van der Waals surface area contributed by atoms with Crippen molar-refractivity contribution in [3.8, 4) is 0 Å². The van der Waals surface area contributed by atoms with Crippen LogP contribution in [0, 0.1) is 10.1 Å². The Bertz CT molecular complexity index is 160. The van der Waals surface area contributed by atoms with Gasteiger partial charge in [-0.3, -0.25) is 0 Å². The Morgan fingerprint density at radius 3 is 2.44 bits per heavy atom. The monoisotopic (exact) mass is 130 g/mol. The van der Waals surface area contributed by atoms with E-state index in [4.69, 9.17) is 0 Å². The van der Waals surface area contributed by atoms with E-state index >= 15 is 0 Å². The van der Waals surface area contributed by atoms with E-state index in [-0.39, 0.29) is 0 Å². The maximum Gasteiger partial charge on any atom is 0.308 e. The van der Waals surface area contributed by atoms with E-state index in [0.717, 1.165) is 0 Å². The molecular formula is CH2N6O2. The maximum absolute atomic E-state index is 9.65. The molecule has 1 heterocycles. The number of hydrogen-bond donors (Lipinski definition) is 1. The molecule has 8 nitrogen and oxygen atoms in total. The average molecular weight is 130 g/mol. The second-order valence-corrected chi connectivity index (χ2v) is 1.17. The Balaban J connectivity index is 2.37. The number of nitro groups is 1. The van der Waals surface area contributed by atoms with Crippen LogP contribution in [-0.4, -0.2) is 11.3 Å². The summed E-state index contributed by atoms with van der Waals surface area (Å²) >= 11 is 0. The molecule has 1 rings (SSSR count). The minimum Gasteiger partial charge on any atom is -0.235 e. The summed E-state index contributed by atoms with van der Waals surface area (Å²) in [6.45, 7) is 0. The quantitative estimate of drug-likeness (QED) is 0.416. The first-order valence-electron chi connectivity index (χ1n) is 1.99. The van der Waals surface area contributed by atoms with Gasteiger partial charge in [0.1, 0.15) is 0 Å². The lowest BCUT2D eigenvalue weighted by atomic mass is 11.0. The van der Waals surface area contributed by atoms with Crippen LogP contribution in [0.3, 0.4) is 0 Å². The molecule has 0 radical (unpaired) electrons. The second kappa shape index (κ2) is 2.11. The van der Waals surface area contributed by atoms with Crippen LogP contribution in [0.1, 0.15) is 0 Å². The molecule has 9 heavy (non-hydrogen) atoms. The normalized spacial score (nSPS) is 16.4. The first-order chi connectivity index (χ1) is 4.29. The predicted molar refractivity (Wildman–Crippen MR) is 23.6 cm³/mol. The van der Waals surface area contributed by atoms with Gasteiger partial charge >= 0.3 is 6.29 Å². The van der Waals surface area contributed by atoms with Crippen LogP contribution in [0.15, 0.2) is 20.7 Å². The summed E-state index contributed by atoms with van der Waals surface area (Å²) in [5.74, 6) is 0. The number of nitrogens with zero attached hydrogens (tertiary/aromatic N) is 5. The Labute approximate surface area is 48.8 Å². The molecule has 1 aliphatic heterocycles. The Kier molecular flexibility index (Phi) is 1.30. The van der Waals surface area contributed by atoms with E-state index in [2.05, 4.69) is 20.7 Å². The molecule has 0 unspecified atom stereocenters. The molecule has 0 bridgehead atoms. The highest BCUT2D eigenvalue weighted by Crippen LogP contribution is 1.99. The van der Waals surface area contributed by atoms with Crippen LogP contribution in [-0.2, 0) is 0 Å². The van der Waals surface area contributed by atoms with Gasteiger partial charge in [0.05, 0.1) is 0 Å². The van der Waals surface area contributed by atoms with E-state index in [1.807, 2.05) is 0 Å². The molecule has 0 amide bonds. The topological polar surface area (TPSA) is 105 Å². The van der Waals surface area contributed by atoms with Gasteiger partial charge in [-0.1, -0.05) is 5.43 Å². The first kappa shape index (κ1) is 5.54. The lowest BCUT2D eigenvalue weighted by Crippen LogP contribution is -2.29. The van der Waals surface area contributed by atoms with Crippen molar-refractivity contribution in [2.75, 3.05) is 0 Å². The molecule has 0 spiro atoms. The van der Waals surface area contributed by atoms with Crippen LogP contribution < -0.4 is 5.43 Å². The minimum absolute atomic E-state index is 0.756. The van der Waals surface area contributed by atoms with Crippen molar-refractivity contribution in [2.45, 2.75) is 6.29 Å². The fraction of sp³-hybridized carbons (Fsp3) is 1.00. The Morgan fingerprint density at radius 1 is 1.44 bits per heavy atom. The Morgan fingerprint density at radius 2 is 2.00 bits per heavy atom. The Hall–Kier alpha value is -1.60. The highest BCUT2D eigenvalue weighted by molar-refractivity contribution is 4.50. The zero-order valence-corrected chi connectivity index (χ0v) is 4.13. The smallest absolute Gasteiger partial charge is 0.235 e. The van der Waals surface area contributed by atoms with Gasteiger partial charge < -0.3 is 0 Å². The molecule has 8 heteroatoms. The molecule has 48 valence electrons. The van der Waals surface area contributed by atoms with Crippen molar-refractivity contribution in [1.82, 2.24) is 5.43 Å². The highest BCUT2D eigenvalue weighted by atomic mass is 16.7. The standard InChI is InChI=1S/CH2N6O2/c8-7(9)4-1-2-5-6-3-1/h1,4H. The third kappa shape index (κ3) is 1.40. The summed E-state index contributed by atoms with van der Waals surface area (Å²) in [6.07, 6.45) is -0.944. The molecule has 1 N–H and O–H groups in total. The fourth-order valence-corrected chi connectivity index (χ4v) is 0.313. The third-order valence-electron chi connectivity index (χ3n) is 0.583. The summed E-state index contributed by atoms with van der Waals surface area (Å²) in [4.78, 5) is 9.65. The van der Waals surface area contributed by atoms with Crippen LogP contribution in [0.5, 0.6) is 0 Å². The van der Waals surface area contributed by atoms with Crippen LogP contribution in [0.25, 0.3) is 0 Å². The number of nitrogens with one attached hydrogen (secondary N) is 1. The van der Waals surface area contributed by atoms with Crippen LogP contribution in [0.4, 0.5) is 0 Å². The summed E-state index contributed by atoms with van der Waals surface area (Å²) in [6, 6.07) is 0. The van der Waals surface area contributed by atoms with Crippen molar-refractivity contribution in [3.05, 3.63) is 10.1 Å². The van der Waals surface area contributed by atoms with Crippen LogP contribution >= 0.6 is 0 Å². The second-order valence-electron chi connectivity index (χ2n) is 1.17. The van der Waals surface area contributed by atoms with E-state index in [0.29, 0.717) is 0 Å². The average Bonchev–Trinajstić information content (AvgIpc) is 2.15. The summed E-state index contributed by atoms with van der Waals surface area (Å²) in [7, 11) is 0. The minimum atomic E-state index is -0.944. The molecule has 0 aromatic rings. The SMILES string of the molecule is O=[N+]([O-])NC1N=NN=N1. The summed E-state index contributed by atoms with van der Waals surface area (Å²) < 4.78 is 0. The molecule has 0 saturated carbocycles. The van der Waals surface area contributed by atoms with Crippen molar-refractivity contribution in [3.63, 3.8) is 0 Å². The zero-order valence-electron chi connectivity index (χ0n) is 4.13. The molecule has 0 aliphatic carbocycles. The van der Waals surface area contributed by atoms with E-state index < -0.39 is 11.3 Å². The van der Waals surface area contributed by atoms with Crippen molar-refractivity contribution < 1.29 is 5.03 Å². The van der Waals surface area contributed by atoms with Gasteiger partial charge in [-0.05, 0) is 10.4 Å². The third-order valence-corrected chi connectivity index (χ3v) is 0.583. The number of rotatable bonds is 2. The predicted octanol–water partition coefficient (Wildman–Crippen LogP) is -0.116. The number of hydrogen-bond acceptors (Lipinski definition) is 6. The van der Waals surface area contributed by atoms with Crippen molar-refractivity contribution in [1.29, 1.82) is 0 Å². The van der Waals surface area contributed by atoms with Crippen LogP contribution in [0.2, 0.25) is 0 Å².